The summed E-state index contributed by atoms with van der Waals surface area (Å²) in [6, 6.07) is 7.35. The first-order valence-electron chi connectivity index (χ1n) is 8.20. The van der Waals surface area contributed by atoms with Gasteiger partial charge in [0.25, 0.3) is 5.91 Å². The highest BCUT2D eigenvalue weighted by molar-refractivity contribution is 7.73. The third-order valence-corrected chi connectivity index (χ3v) is 4.68. The molecule has 0 radical (unpaired) electrons. The van der Waals surface area contributed by atoms with Crippen molar-refractivity contribution in [3.8, 4) is 11.5 Å². The number of allylic oxidation sites excluding steroid dienone is 4. The molecule has 1 aliphatic rings. The molecular weight excluding hydrogens is 388 g/mol. The van der Waals surface area contributed by atoms with Crippen LogP contribution < -0.4 is 10.1 Å². The fraction of sp³-hybridized carbons (Fsp3) is 0.100. The molecule has 1 amide bonds. The highest BCUT2D eigenvalue weighted by atomic mass is 32.2. The third-order valence-electron chi connectivity index (χ3n) is 3.98. The largest absolute Gasteiger partial charge is 0.456 e. The van der Waals surface area contributed by atoms with Gasteiger partial charge in [-0.1, -0.05) is 6.08 Å². The Hall–Kier alpha value is -3.26. The van der Waals surface area contributed by atoms with Crippen LogP contribution in [0.15, 0.2) is 60.3 Å². The molecule has 0 aromatic heterocycles. The Kier molecular flexibility index (Phi) is 5.70. The van der Waals surface area contributed by atoms with Crippen LogP contribution in [-0.2, 0) is 10.3 Å². The molecule has 5 nitrogen and oxygen atoms in total. The second-order valence-electron chi connectivity index (χ2n) is 6.04. The number of benzene rings is 2. The molecule has 1 aliphatic carbocycles. The van der Waals surface area contributed by atoms with Crippen molar-refractivity contribution >= 4 is 21.1 Å². The second kappa shape index (κ2) is 8.18. The van der Waals surface area contributed by atoms with Crippen molar-refractivity contribution in [1.82, 2.24) is 5.32 Å². The van der Waals surface area contributed by atoms with Gasteiger partial charge in [0.05, 0.1) is 10.4 Å². The number of carbonyl (C=O) groups is 1. The molecule has 1 N–H and O–H groups in total. The van der Waals surface area contributed by atoms with Crippen LogP contribution in [-0.4, -0.2) is 19.2 Å². The minimum atomic E-state index is -2.40. The Morgan fingerprint density at radius 1 is 1.07 bits per heavy atom. The quantitative estimate of drug-likeness (QED) is 0.791. The molecule has 0 unspecified atom stereocenters. The van der Waals surface area contributed by atoms with Gasteiger partial charge in [0, 0.05) is 12.1 Å². The van der Waals surface area contributed by atoms with E-state index < -0.39 is 27.8 Å². The number of hydrogen-bond acceptors (Lipinski definition) is 4. The SMILES string of the molecule is Cc1cc(F)ccc1Oc1ccc(F)cc1C(=O)NC1=CC=CC(=S(=O)=O)C1. The highest BCUT2D eigenvalue weighted by Crippen LogP contribution is 2.29. The van der Waals surface area contributed by atoms with E-state index in [-0.39, 0.29) is 22.6 Å². The summed E-state index contributed by atoms with van der Waals surface area (Å²) in [6.07, 6.45) is 4.49. The van der Waals surface area contributed by atoms with E-state index >= 15 is 0 Å². The van der Waals surface area contributed by atoms with Gasteiger partial charge in [-0.05, 0) is 61.0 Å². The van der Waals surface area contributed by atoms with Crippen LogP contribution in [0.25, 0.3) is 0 Å². The maximum atomic E-state index is 13.7. The number of aryl methyl sites for hydroxylation is 1. The van der Waals surface area contributed by atoms with Crippen LogP contribution in [0.2, 0.25) is 0 Å². The van der Waals surface area contributed by atoms with E-state index in [2.05, 4.69) is 5.32 Å². The van der Waals surface area contributed by atoms with Gasteiger partial charge in [-0.3, -0.25) is 4.79 Å². The van der Waals surface area contributed by atoms with Gasteiger partial charge in [-0.15, -0.1) is 0 Å². The maximum Gasteiger partial charge on any atom is 0.259 e. The fourth-order valence-electron chi connectivity index (χ4n) is 2.61. The Morgan fingerprint density at radius 3 is 2.43 bits per heavy atom. The number of hydrogen-bond donors (Lipinski definition) is 1. The third kappa shape index (κ3) is 4.52. The average Bonchev–Trinajstić information content (AvgIpc) is 2.65. The fourth-order valence-corrected chi connectivity index (χ4v) is 3.07. The van der Waals surface area contributed by atoms with Crippen LogP contribution in [0.4, 0.5) is 8.78 Å². The van der Waals surface area contributed by atoms with Gasteiger partial charge in [0.15, 0.2) is 0 Å². The lowest BCUT2D eigenvalue weighted by Gasteiger charge is -2.15. The molecule has 28 heavy (non-hydrogen) atoms. The molecule has 0 bridgehead atoms. The summed E-state index contributed by atoms with van der Waals surface area (Å²) in [5, 5.41) is 2.57. The monoisotopic (exact) mass is 403 g/mol. The Balaban J connectivity index is 1.88. The molecule has 0 saturated carbocycles. The van der Waals surface area contributed by atoms with Gasteiger partial charge in [0.2, 0.25) is 10.3 Å². The lowest BCUT2D eigenvalue weighted by Crippen LogP contribution is -2.25. The summed E-state index contributed by atoms with van der Waals surface area (Å²) in [4.78, 5) is 12.8. The van der Waals surface area contributed by atoms with E-state index in [1.807, 2.05) is 0 Å². The van der Waals surface area contributed by atoms with Gasteiger partial charge >= 0.3 is 0 Å². The Morgan fingerprint density at radius 2 is 1.75 bits per heavy atom. The van der Waals surface area contributed by atoms with Crippen LogP contribution >= 0.6 is 0 Å². The van der Waals surface area contributed by atoms with Gasteiger partial charge in [-0.2, -0.15) is 8.42 Å². The minimum Gasteiger partial charge on any atom is -0.456 e. The number of rotatable bonds is 4. The molecule has 0 spiro atoms. The first kappa shape index (κ1) is 19.5. The predicted octanol–water partition coefficient (Wildman–Crippen LogP) is 3.69. The van der Waals surface area contributed by atoms with E-state index in [9.17, 15) is 22.0 Å². The molecule has 0 heterocycles. The average molecular weight is 403 g/mol. The van der Waals surface area contributed by atoms with Crippen molar-refractivity contribution in [1.29, 1.82) is 0 Å². The highest BCUT2D eigenvalue weighted by Gasteiger charge is 2.18. The van der Waals surface area contributed by atoms with Gasteiger partial charge < -0.3 is 10.1 Å². The zero-order valence-corrected chi connectivity index (χ0v) is 15.5. The van der Waals surface area contributed by atoms with Crippen LogP contribution in [0.1, 0.15) is 22.3 Å². The number of nitrogens with one attached hydrogen (secondary N) is 1. The standard InChI is InChI=1S/C20H15F2NO4S/c1-12-9-13(21)5-7-18(12)27-19-8-6-14(22)10-17(19)20(24)23-15-3-2-4-16(11-15)28(25)26/h2-10H,11H2,1H3,(H,23,24). The Labute approximate surface area is 161 Å². The summed E-state index contributed by atoms with van der Waals surface area (Å²) >= 11 is 0. The number of halogens is 2. The molecule has 3 rings (SSSR count). The number of ether oxygens (including phenoxy) is 1. The molecule has 2 aromatic carbocycles. The molecular formula is C20H15F2NO4S. The van der Waals surface area contributed by atoms with Crippen molar-refractivity contribution in [2.75, 3.05) is 0 Å². The first-order valence-corrected chi connectivity index (χ1v) is 9.28. The van der Waals surface area contributed by atoms with Crippen LogP contribution in [0, 0.1) is 18.6 Å². The maximum absolute atomic E-state index is 13.7. The summed E-state index contributed by atoms with van der Waals surface area (Å²) in [5.41, 5.74) is 0.775. The van der Waals surface area contributed by atoms with Crippen molar-refractivity contribution in [2.45, 2.75) is 13.3 Å². The molecule has 0 atom stereocenters. The van der Waals surface area contributed by atoms with Crippen molar-refractivity contribution in [3.05, 3.63) is 83.1 Å². The number of carbonyl (C=O) groups excluding carboxylic acids is 1. The molecule has 0 aliphatic heterocycles. The van der Waals surface area contributed by atoms with E-state index in [1.54, 1.807) is 13.0 Å². The molecule has 2 aromatic rings. The smallest absolute Gasteiger partial charge is 0.259 e. The van der Waals surface area contributed by atoms with E-state index in [0.29, 0.717) is 17.0 Å². The zero-order chi connectivity index (χ0) is 20.3. The van der Waals surface area contributed by atoms with Crippen molar-refractivity contribution < 1.29 is 26.7 Å². The van der Waals surface area contributed by atoms with Crippen molar-refractivity contribution in [3.63, 3.8) is 0 Å². The van der Waals surface area contributed by atoms with E-state index in [0.717, 1.165) is 12.1 Å². The van der Waals surface area contributed by atoms with Gasteiger partial charge in [0.1, 0.15) is 23.1 Å². The van der Waals surface area contributed by atoms with E-state index in [4.69, 9.17) is 4.74 Å². The summed E-state index contributed by atoms with van der Waals surface area (Å²) < 4.78 is 54.9. The second-order valence-corrected chi connectivity index (χ2v) is 7.03. The molecule has 0 saturated heterocycles. The lowest BCUT2D eigenvalue weighted by atomic mass is 10.1. The van der Waals surface area contributed by atoms with Crippen LogP contribution in [0.3, 0.4) is 0 Å². The first-order chi connectivity index (χ1) is 13.3. The number of amides is 1. The summed E-state index contributed by atoms with van der Waals surface area (Å²) in [6.45, 7) is 1.64. The predicted molar refractivity (Wildman–Crippen MR) is 101 cm³/mol. The summed E-state index contributed by atoms with van der Waals surface area (Å²) in [7, 11) is -2.40. The van der Waals surface area contributed by atoms with Crippen LogP contribution in [0.5, 0.6) is 11.5 Å². The summed E-state index contributed by atoms with van der Waals surface area (Å²) in [5.74, 6) is -1.33. The molecule has 144 valence electrons. The van der Waals surface area contributed by atoms with E-state index in [1.165, 1.54) is 36.4 Å². The normalized spacial score (nSPS) is 13.1. The van der Waals surface area contributed by atoms with Crippen molar-refractivity contribution in [2.24, 2.45) is 0 Å². The topological polar surface area (TPSA) is 72.5 Å². The molecule has 8 heteroatoms. The zero-order valence-electron chi connectivity index (χ0n) is 14.7. The van der Waals surface area contributed by atoms with Gasteiger partial charge in [-0.25, -0.2) is 8.78 Å². The minimum absolute atomic E-state index is 0.0148. The Bertz CT molecular complexity index is 1140. The lowest BCUT2D eigenvalue weighted by molar-refractivity contribution is 0.0962. The molecule has 0 fully saturated rings.